The number of rotatable bonds is 8. The van der Waals surface area contributed by atoms with Gasteiger partial charge in [-0.15, -0.1) is 0 Å². The first-order chi connectivity index (χ1) is 9.15. The third kappa shape index (κ3) is 6.34. The van der Waals surface area contributed by atoms with Crippen LogP contribution in [0.2, 0.25) is 0 Å². The van der Waals surface area contributed by atoms with Crippen LogP contribution >= 0.6 is 0 Å². The minimum absolute atomic E-state index is 0.000662. The van der Waals surface area contributed by atoms with Crippen molar-refractivity contribution in [1.82, 2.24) is 5.32 Å². The molecule has 4 heteroatoms. The molecule has 0 aliphatic rings. The molecule has 0 aliphatic heterocycles. The number of hydrogen-bond acceptors (Lipinski definition) is 2. The summed E-state index contributed by atoms with van der Waals surface area (Å²) < 4.78 is 12.7. The van der Waals surface area contributed by atoms with Crippen LogP contribution in [0.4, 0.5) is 4.39 Å². The van der Waals surface area contributed by atoms with Crippen LogP contribution in [0.25, 0.3) is 0 Å². The molecule has 1 atom stereocenters. The maximum atomic E-state index is 12.7. The second kappa shape index (κ2) is 8.64. The van der Waals surface area contributed by atoms with Crippen LogP contribution in [-0.2, 0) is 11.2 Å². The van der Waals surface area contributed by atoms with Gasteiger partial charge in [-0.2, -0.15) is 0 Å². The molecular weight excluding hydrogens is 245 g/mol. The van der Waals surface area contributed by atoms with Gasteiger partial charge in [-0.3, -0.25) is 4.79 Å². The summed E-state index contributed by atoms with van der Waals surface area (Å²) in [4.78, 5) is 11.7. The maximum absolute atomic E-state index is 12.7. The second-order valence-electron chi connectivity index (χ2n) is 4.72. The van der Waals surface area contributed by atoms with Gasteiger partial charge in [-0.1, -0.05) is 25.5 Å². The molecule has 0 fully saturated rings. The predicted octanol–water partition coefficient (Wildman–Crippen LogP) is 2.28. The van der Waals surface area contributed by atoms with E-state index in [0.717, 1.165) is 18.4 Å². The molecule has 1 rings (SSSR count). The SMILES string of the molecule is CCC(CCO)CNC(=O)CCc1ccc(F)cc1. The lowest BCUT2D eigenvalue weighted by atomic mass is 10.0. The van der Waals surface area contributed by atoms with Crippen molar-refractivity contribution in [3.63, 3.8) is 0 Å². The van der Waals surface area contributed by atoms with Crippen LogP contribution in [0.5, 0.6) is 0 Å². The van der Waals surface area contributed by atoms with E-state index in [1.807, 2.05) is 6.92 Å². The molecule has 2 N–H and O–H groups in total. The van der Waals surface area contributed by atoms with E-state index < -0.39 is 0 Å². The highest BCUT2D eigenvalue weighted by Crippen LogP contribution is 2.07. The molecule has 0 bridgehead atoms. The molecule has 1 aromatic rings. The minimum atomic E-state index is -0.261. The fourth-order valence-corrected chi connectivity index (χ4v) is 1.89. The molecule has 0 saturated carbocycles. The Morgan fingerprint density at radius 1 is 1.37 bits per heavy atom. The number of aliphatic hydroxyl groups is 1. The Labute approximate surface area is 113 Å². The third-order valence-corrected chi connectivity index (χ3v) is 3.26. The maximum Gasteiger partial charge on any atom is 0.220 e. The quantitative estimate of drug-likeness (QED) is 0.759. The number of benzene rings is 1. The molecular formula is C15H22FNO2. The van der Waals surface area contributed by atoms with Gasteiger partial charge in [-0.25, -0.2) is 4.39 Å². The van der Waals surface area contributed by atoms with Crippen molar-refractivity contribution in [3.05, 3.63) is 35.6 Å². The third-order valence-electron chi connectivity index (χ3n) is 3.26. The second-order valence-corrected chi connectivity index (χ2v) is 4.72. The lowest BCUT2D eigenvalue weighted by Crippen LogP contribution is -2.29. The van der Waals surface area contributed by atoms with Gasteiger partial charge in [0.1, 0.15) is 5.82 Å². The molecule has 0 heterocycles. The number of halogens is 1. The zero-order valence-electron chi connectivity index (χ0n) is 11.4. The number of amides is 1. The number of aliphatic hydroxyl groups excluding tert-OH is 1. The van der Waals surface area contributed by atoms with Gasteiger partial charge >= 0.3 is 0 Å². The summed E-state index contributed by atoms with van der Waals surface area (Å²) in [7, 11) is 0. The van der Waals surface area contributed by atoms with E-state index in [1.54, 1.807) is 12.1 Å². The van der Waals surface area contributed by atoms with E-state index in [2.05, 4.69) is 5.32 Å². The first-order valence-corrected chi connectivity index (χ1v) is 6.77. The topological polar surface area (TPSA) is 49.3 Å². The van der Waals surface area contributed by atoms with Crippen molar-refractivity contribution in [2.75, 3.05) is 13.2 Å². The van der Waals surface area contributed by atoms with Crippen LogP contribution in [0.1, 0.15) is 31.7 Å². The Bertz CT molecular complexity index is 378. The Morgan fingerprint density at radius 3 is 2.63 bits per heavy atom. The zero-order chi connectivity index (χ0) is 14.1. The fourth-order valence-electron chi connectivity index (χ4n) is 1.89. The summed E-state index contributed by atoms with van der Waals surface area (Å²) in [6.07, 6.45) is 2.68. The molecule has 0 spiro atoms. The first-order valence-electron chi connectivity index (χ1n) is 6.77. The van der Waals surface area contributed by atoms with E-state index in [-0.39, 0.29) is 18.3 Å². The first kappa shape index (κ1) is 15.6. The van der Waals surface area contributed by atoms with Gasteiger partial charge in [0, 0.05) is 19.6 Å². The number of hydrogen-bond donors (Lipinski definition) is 2. The number of carbonyl (C=O) groups excluding carboxylic acids is 1. The number of nitrogens with one attached hydrogen (secondary N) is 1. The Morgan fingerprint density at radius 2 is 2.05 bits per heavy atom. The van der Waals surface area contributed by atoms with Crippen molar-refractivity contribution in [2.24, 2.45) is 5.92 Å². The summed E-state index contributed by atoms with van der Waals surface area (Å²) in [5.41, 5.74) is 0.957. The predicted molar refractivity (Wildman–Crippen MR) is 73.2 cm³/mol. The van der Waals surface area contributed by atoms with Gasteiger partial charge in [0.05, 0.1) is 0 Å². The Kier molecular flexibility index (Phi) is 7.11. The van der Waals surface area contributed by atoms with E-state index in [9.17, 15) is 9.18 Å². The Balaban J connectivity index is 2.25. The molecule has 0 radical (unpaired) electrons. The summed E-state index contributed by atoms with van der Waals surface area (Å²) in [6.45, 7) is 2.81. The van der Waals surface area contributed by atoms with Crippen LogP contribution in [0, 0.1) is 11.7 Å². The highest BCUT2D eigenvalue weighted by molar-refractivity contribution is 5.76. The van der Waals surface area contributed by atoms with Gasteiger partial charge in [-0.05, 0) is 36.5 Å². The molecule has 1 unspecified atom stereocenters. The summed E-state index contributed by atoms with van der Waals surface area (Å²) in [6, 6.07) is 6.20. The monoisotopic (exact) mass is 267 g/mol. The number of carbonyl (C=O) groups is 1. The lowest BCUT2D eigenvalue weighted by molar-refractivity contribution is -0.121. The molecule has 0 saturated heterocycles. The normalized spacial score (nSPS) is 12.2. The van der Waals surface area contributed by atoms with Crippen LogP contribution in [-0.4, -0.2) is 24.2 Å². The molecule has 1 aromatic carbocycles. The molecule has 1 amide bonds. The van der Waals surface area contributed by atoms with Crippen LogP contribution < -0.4 is 5.32 Å². The van der Waals surface area contributed by atoms with E-state index >= 15 is 0 Å². The highest BCUT2D eigenvalue weighted by Gasteiger charge is 2.08. The summed E-state index contributed by atoms with van der Waals surface area (Å²) in [5.74, 6) is 0.0727. The molecule has 0 aliphatic carbocycles. The van der Waals surface area contributed by atoms with Crippen LogP contribution in [0.15, 0.2) is 24.3 Å². The van der Waals surface area contributed by atoms with Crippen molar-refractivity contribution < 1.29 is 14.3 Å². The summed E-state index contributed by atoms with van der Waals surface area (Å²) in [5, 5.41) is 11.7. The Hall–Kier alpha value is -1.42. The average molecular weight is 267 g/mol. The molecule has 106 valence electrons. The molecule has 0 aromatic heterocycles. The van der Waals surface area contributed by atoms with E-state index in [0.29, 0.717) is 25.3 Å². The van der Waals surface area contributed by atoms with Crippen molar-refractivity contribution in [1.29, 1.82) is 0 Å². The molecule has 19 heavy (non-hydrogen) atoms. The highest BCUT2D eigenvalue weighted by atomic mass is 19.1. The van der Waals surface area contributed by atoms with E-state index in [1.165, 1.54) is 12.1 Å². The zero-order valence-corrected chi connectivity index (χ0v) is 11.4. The lowest BCUT2D eigenvalue weighted by Gasteiger charge is -2.14. The van der Waals surface area contributed by atoms with Gasteiger partial charge in [0.15, 0.2) is 0 Å². The fraction of sp³-hybridized carbons (Fsp3) is 0.533. The summed E-state index contributed by atoms with van der Waals surface area (Å²) >= 11 is 0. The minimum Gasteiger partial charge on any atom is -0.396 e. The standard InChI is InChI=1S/C15H22FNO2/c1-2-12(9-10-18)11-17-15(19)8-5-13-3-6-14(16)7-4-13/h3-4,6-7,12,18H,2,5,8-11H2,1H3,(H,17,19). The largest absolute Gasteiger partial charge is 0.396 e. The van der Waals surface area contributed by atoms with E-state index in [4.69, 9.17) is 5.11 Å². The number of aryl methyl sites for hydroxylation is 1. The smallest absolute Gasteiger partial charge is 0.220 e. The van der Waals surface area contributed by atoms with Crippen molar-refractivity contribution >= 4 is 5.91 Å². The van der Waals surface area contributed by atoms with Crippen molar-refractivity contribution in [2.45, 2.75) is 32.6 Å². The van der Waals surface area contributed by atoms with Crippen LogP contribution in [0.3, 0.4) is 0 Å². The van der Waals surface area contributed by atoms with Crippen molar-refractivity contribution in [3.8, 4) is 0 Å². The van der Waals surface area contributed by atoms with Gasteiger partial charge in [0.2, 0.25) is 5.91 Å². The van der Waals surface area contributed by atoms with Gasteiger partial charge < -0.3 is 10.4 Å². The average Bonchev–Trinajstić information content (AvgIpc) is 2.42. The van der Waals surface area contributed by atoms with Gasteiger partial charge in [0.25, 0.3) is 0 Å². The molecule has 3 nitrogen and oxygen atoms in total.